The molecule has 2 aromatic rings. The van der Waals surface area contributed by atoms with Crippen molar-refractivity contribution < 1.29 is 18.8 Å². The van der Waals surface area contributed by atoms with Gasteiger partial charge < -0.3 is 9.73 Å². The van der Waals surface area contributed by atoms with Gasteiger partial charge >= 0.3 is 0 Å². The quantitative estimate of drug-likeness (QED) is 0.320. The number of hydrogen-bond donors (Lipinski definition) is 4. The van der Waals surface area contributed by atoms with Crippen molar-refractivity contribution in [2.45, 2.75) is 33.6 Å². The number of anilines is 1. The van der Waals surface area contributed by atoms with Gasteiger partial charge in [0, 0.05) is 24.6 Å². The van der Waals surface area contributed by atoms with E-state index in [9.17, 15) is 14.4 Å². The van der Waals surface area contributed by atoms with E-state index in [-0.39, 0.29) is 23.9 Å². The molecule has 158 valence electrons. The molecule has 0 aliphatic carbocycles. The SMILES string of the molecule is Cc1ccc(C)c(NC(=O)CCC(=O)NNC(=S)NC(=O)C=Cc2ccc(C)o2)c1. The highest BCUT2D eigenvalue weighted by atomic mass is 32.1. The standard InChI is InChI=1S/C21H24N4O4S/c1-13-4-5-14(2)17(12-13)22-18(26)10-11-20(28)24-25-21(30)23-19(27)9-8-16-7-6-15(3)29-16/h4-9,12H,10-11H2,1-3H3,(H,22,26)(H,24,28)(H2,23,25,27,30). The number of furan rings is 1. The molecule has 0 fully saturated rings. The van der Waals surface area contributed by atoms with E-state index in [2.05, 4.69) is 21.5 Å². The fourth-order valence-electron chi connectivity index (χ4n) is 2.38. The molecule has 0 saturated heterocycles. The molecule has 0 saturated carbocycles. The predicted molar refractivity (Wildman–Crippen MR) is 118 cm³/mol. The van der Waals surface area contributed by atoms with Crippen LogP contribution in [0.1, 0.15) is 35.5 Å². The van der Waals surface area contributed by atoms with Crippen LogP contribution >= 0.6 is 12.2 Å². The number of benzene rings is 1. The van der Waals surface area contributed by atoms with Crippen LogP contribution in [-0.4, -0.2) is 22.8 Å². The van der Waals surface area contributed by atoms with E-state index in [1.165, 1.54) is 12.2 Å². The Morgan fingerprint density at radius 3 is 2.43 bits per heavy atom. The van der Waals surface area contributed by atoms with Gasteiger partial charge in [0.25, 0.3) is 0 Å². The minimum Gasteiger partial charge on any atom is -0.462 e. The number of carbonyl (C=O) groups is 3. The molecule has 3 amide bonds. The van der Waals surface area contributed by atoms with Gasteiger partial charge in [-0.1, -0.05) is 12.1 Å². The number of aryl methyl sites for hydroxylation is 3. The number of hydrogen-bond acceptors (Lipinski definition) is 5. The maximum absolute atomic E-state index is 12.0. The Hall–Kier alpha value is -3.46. The molecule has 1 heterocycles. The molecule has 0 aliphatic heterocycles. The van der Waals surface area contributed by atoms with Crippen LogP contribution in [0.3, 0.4) is 0 Å². The second-order valence-corrected chi connectivity index (χ2v) is 7.05. The zero-order valence-corrected chi connectivity index (χ0v) is 17.8. The monoisotopic (exact) mass is 428 g/mol. The summed E-state index contributed by atoms with van der Waals surface area (Å²) in [6.45, 7) is 5.63. The number of nitrogens with one attached hydrogen (secondary N) is 4. The van der Waals surface area contributed by atoms with E-state index in [1.807, 2.05) is 32.0 Å². The van der Waals surface area contributed by atoms with Gasteiger partial charge in [-0.15, -0.1) is 0 Å². The Morgan fingerprint density at radius 2 is 1.73 bits per heavy atom. The molecule has 0 bridgehead atoms. The summed E-state index contributed by atoms with van der Waals surface area (Å²) in [5, 5.41) is 5.09. The number of thiocarbonyl (C=S) groups is 1. The van der Waals surface area contributed by atoms with Crippen molar-refractivity contribution in [2.75, 3.05) is 5.32 Å². The minimum atomic E-state index is -0.483. The summed E-state index contributed by atoms with van der Waals surface area (Å²) in [6, 6.07) is 9.26. The van der Waals surface area contributed by atoms with Gasteiger partial charge in [-0.3, -0.25) is 30.6 Å². The summed E-state index contributed by atoms with van der Waals surface area (Å²) >= 11 is 4.94. The van der Waals surface area contributed by atoms with Gasteiger partial charge in [-0.05, 0) is 68.4 Å². The highest BCUT2D eigenvalue weighted by Gasteiger charge is 2.09. The van der Waals surface area contributed by atoms with Gasteiger partial charge in [0.1, 0.15) is 11.5 Å². The van der Waals surface area contributed by atoms with E-state index in [1.54, 1.807) is 19.1 Å². The molecule has 9 heteroatoms. The zero-order chi connectivity index (χ0) is 22.1. The Kier molecular flexibility index (Phi) is 8.30. The lowest BCUT2D eigenvalue weighted by Gasteiger charge is -2.11. The van der Waals surface area contributed by atoms with Crippen molar-refractivity contribution in [3.05, 3.63) is 59.1 Å². The molecular weight excluding hydrogens is 404 g/mol. The van der Waals surface area contributed by atoms with E-state index in [4.69, 9.17) is 16.6 Å². The number of carbonyl (C=O) groups excluding carboxylic acids is 3. The first kappa shape index (κ1) is 22.8. The van der Waals surface area contributed by atoms with E-state index in [0.29, 0.717) is 5.76 Å². The molecule has 1 aromatic carbocycles. The largest absolute Gasteiger partial charge is 0.462 e. The maximum atomic E-state index is 12.0. The third-order valence-electron chi connectivity index (χ3n) is 3.96. The van der Waals surface area contributed by atoms with Crippen molar-refractivity contribution in [1.29, 1.82) is 0 Å². The lowest BCUT2D eigenvalue weighted by molar-refractivity contribution is -0.124. The molecule has 8 nitrogen and oxygen atoms in total. The van der Waals surface area contributed by atoms with Crippen LogP contribution in [0, 0.1) is 20.8 Å². The van der Waals surface area contributed by atoms with E-state index >= 15 is 0 Å². The summed E-state index contributed by atoms with van der Waals surface area (Å²) in [4.78, 5) is 35.7. The normalized spacial score (nSPS) is 10.5. The maximum Gasteiger partial charge on any atom is 0.250 e. The summed E-state index contributed by atoms with van der Waals surface area (Å²) in [7, 11) is 0. The summed E-state index contributed by atoms with van der Waals surface area (Å²) in [5.74, 6) is 0.0765. The fraction of sp³-hybridized carbons (Fsp3) is 0.238. The van der Waals surface area contributed by atoms with Gasteiger partial charge in [-0.2, -0.15) is 0 Å². The lowest BCUT2D eigenvalue weighted by Crippen LogP contribution is -2.48. The number of amides is 3. The molecule has 0 atom stereocenters. The molecule has 1 aromatic heterocycles. The molecule has 4 N–H and O–H groups in total. The topological polar surface area (TPSA) is 112 Å². The third kappa shape index (κ3) is 7.88. The Balaban J connectivity index is 1.67. The van der Waals surface area contributed by atoms with E-state index in [0.717, 1.165) is 22.6 Å². The molecule has 0 radical (unpaired) electrons. The molecule has 0 spiro atoms. The summed E-state index contributed by atoms with van der Waals surface area (Å²) in [5.41, 5.74) is 7.45. The second-order valence-electron chi connectivity index (χ2n) is 6.64. The van der Waals surface area contributed by atoms with Gasteiger partial charge in [-0.25, -0.2) is 0 Å². The first-order chi connectivity index (χ1) is 14.2. The van der Waals surface area contributed by atoms with E-state index < -0.39 is 11.8 Å². The molecular formula is C21H24N4O4S. The smallest absolute Gasteiger partial charge is 0.250 e. The van der Waals surface area contributed by atoms with Crippen LogP contribution < -0.4 is 21.5 Å². The van der Waals surface area contributed by atoms with Crippen LogP contribution in [0.25, 0.3) is 6.08 Å². The third-order valence-corrected chi connectivity index (χ3v) is 4.16. The first-order valence-electron chi connectivity index (χ1n) is 9.24. The average molecular weight is 429 g/mol. The van der Waals surface area contributed by atoms with Crippen molar-refractivity contribution in [1.82, 2.24) is 16.2 Å². The van der Waals surface area contributed by atoms with Crippen LogP contribution in [0.5, 0.6) is 0 Å². The molecule has 2 rings (SSSR count). The Morgan fingerprint density at radius 1 is 1.00 bits per heavy atom. The van der Waals surface area contributed by atoms with Crippen molar-refractivity contribution in [3.8, 4) is 0 Å². The molecule has 0 unspecified atom stereocenters. The molecule has 30 heavy (non-hydrogen) atoms. The van der Waals surface area contributed by atoms with Crippen molar-refractivity contribution >= 4 is 46.8 Å². The fourth-order valence-corrected chi connectivity index (χ4v) is 2.54. The van der Waals surface area contributed by atoms with Crippen LogP contribution in [0.15, 0.2) is 40.8 Å². The Labute approximate surface area is 180 Å². The zero-order valence-electron chi connectivity index (χ0n) is 17.0. The van der Waals surface area contributed by atoms with Gasteiger partial charge in [0.05, 0.1) is 0 Å². The summed E-state index contributed by atoms with van der Waals surface area (Å²) < 4.78 is 5.31. The van der Waals surface area contributed by atoms with Gasteiger partial charge in [0.2, 0.25) is 17.7 Å². The van der Waals surface area contributed by atoms with Gasteiger partial charge in [0.15, 0.2) is 5.11 Å². The minimum absolute atomic E-state index is 0.00528. The Bertz CT molecular complexity index is 981. The van der Waals surface area contributed by atoms with Crippen LogP contribution in [-0.2, 0) is 14.4 Å². The lowest BCUT2D eigenvalue weighted by atomic mass is 10.1. The highest BCUT2D eigenvalue weighted by Crippen LogP contribution is 2.16. The number of hydrazine groups is 1. The molecule has 0 aliphatic rings. The van der Waals surface area contributed by atoms with Crippen molar-refractivity contribution in [3.63, 3.8) is 0 Å². The second kappa shape index (κ2) is 10.9. The average Bonchev–Trinajstić information content (AvgIpc) is 3.11. The van der Waals surface area contributed by atoms with Crippen LogP contribution in [0.2, 0.25) is 0 Å². The number of rotatable bonds is 6. The first-order valence-corrected chi connectivity index (χ1v) is 9.65. The summed E-state index contributed by atoms with van der Waals surface area (Å²) in [6.07, 6.45) is 2.72. The highest BCUT2D eigenvalue weighted by molar-refractivity contribution is 7.80. The van der Waals surface area contributed by atoms with Crippen molar-refractivity contribution in [2.24, 2.45) is 0 Å². The van der Waals surface area contributed by atoms with Crippen LogP contribution in [0.4, 0.5) is 5.69 Å². The predicted octanol–water partition coefficient (Wildman–Crippen LogP) is 2.66.